The molecule has 5 nitrogen and oxygen atoms in total. The second-order valence-corrected chi connectivity index (χ2v) is 6.27. The normalized spacial score (nSPS) is 24.4. The minimum Gasteiger partial charge on any atom is -0.394 e. The second kappa shape index (κ2) is 5.64. The van der Waals surface area contributed by atoms with E-state index in [4.69, 9.17) is 10.5 Å². The molecule has 1 aromatic heterocycles. The molecule has 1 aromatic rings. The van der Waals surface area contributed by atoms with Gasteiger partial charge in [-0.3, -0.25) is 0 Å². The number of hydrogen-bond acceptors (Lipinski definition) is 4. The fourth-order valence-corrected chi connectivity index (χ4v) is 2.90. The van der Waals surface area contributed by atoms with Gasteiger partial charge in [0, 0.05) is 24.6 Å². The van der Waals surface area contributed by atoms with E-state index < -0.39 is 0 Å². The lowest BCUT2D eigenvalue weighted by atomic mass is 9.64. The Bertz CT molecular complexity index is 467. The molecule has 1 saturated carbocycles. The summed E-state index contributed by atoms with van der Waals surface area (Å²) < 4.78 is 7.78. The number of rotatable bonds is 6. The summed E-state index contributed by atoms with van der Waals surface area (Å²) >= 11 is 0. The highest BCUT2D eigenvalue weighted by atomic mass is 16.5. The van der Waals surface area contributed by atoms with Gasteiger partial charge in [-0.2, -0.15) is 5.10 Å². The molecular weight excluding hydrogens is 252 g/mol. The van der Waals surface area contributed by atoms with Crippen LogP contribution >= 0.6 is 0 Å². The van der Waals surface area contributed by atoms with Gasteiger partial charge in [-0.05, 0) is 26.7 Å². The molecule has 0 radical (unpaired) electrons. The van der Waals surface area contributed by atoms with Gasteiger partial charge < -0.3 is 15.8 Å². The Balaban J connectivity index is 2.11. The quantitative estimate of drug-likeness (QED) is 0.841. The molecule has 0 aromatic carbocycles. The summed E-state index contributed by atoms with van der Waals surface area (Å²) in [5, 5.41) is 8.11. The van der Waals surface area contributed by atoms with E-state index in [2.05, 4.69) is 38.1 Å². The molecule has 0 aliphatic heterocycles. The summed E-state index contributed by atoms with van der Waals surface area (Å²) in [5.74, 6) is 0.970. The molecule has 1 aliphatic rings. The SMILES string of the molecule is CCCn1nc(C)c(N)c1NC1CC(OCC)C1(C)C. The second-order valence-electron chi connectivity index (χ2n) is 6.27. The first-order valence-corrected chi connectivity index (χ1v) is 7.62. The number of aromatic nitrogens is 2. The molecule has 114 valence electrons. The number of nitrogens with two attached hydrogens (primary N) is 1. The molecule has 2 rings (SSSR count). The Morgan fingerprint density at radius 2 is 2.15 bits per heavy atom. The van der Waals surface area contributed by atoms with Crippen LogP contribution in [0.5, 0.6) is 0 Å². The van der Waals surface area contributed by atoms with Crippen LogP contribution in [0.4, 0.5) is 11.5 Å². The van der Waals surface area contributed by atoms with Crippen molar-refractivity contribution in [1.82, 2.24) is 9.78 Å². The third-order valence-electron chi connectivity index (χ3n) is 4.47. The molecule has 1 heterocycles. The topological polar surface area (TPSA) is 65.1 Å². The summed E-state index contributed by atoms with van der Waals surface area (Å²) in [6, 6.07) is 0.382. The molecule has 0 spiro atoms. The van der Waals surface area contributed by atoms with E-state index in [-0.39, 0.29) is 5.41 Å². The van der Waals surface area contributed by atoms with Gasteiger partial charge in [0.25, 0.3) is 0 Å². The Kier molecular flexibility index (Phi) is 4.28. The maximum Gasteiger partial charge on any atom is 0.148 e. The fourth-order valence-electron chi connectivity index (χ4n) is 2.90. The Morgan fingerprint density at radius 1 is 1.45 bits per heavy atom. The van der Waals surface area contributed by atoms with Gasteiger partial charge in [0.1, 0.15) is 5.82 Å². The van der Waals surface area contributed by atoms with Gasteiger partial charge in [-0.1, -0.05) is 20.8 Å². The highest BCUT2D eigenvalue weighted by Gasteiger charge is 2.49. The van der Waals surface area contributed by atoms with Gasteiger partial charge in [-0.25, -0.2) is 4.68 Å². The van der Waals surface area contributed by atoms with Gasteiger partial charge in [0.2, 0.25) is 0 Å². The Hall–Kier alpha value is -1.23. The van der Waals surface area contributed by atoms with Crippen LogP contribution in [-0.2, 0) is 11.3 Å². The number of anilines is 2. The predicted molar refractivity (Wildman–Crippen MR) is 82.9 cm³/mol. The van der Waals surface area contributed by atoms with Crippen molar-refractivity contribution in [1.29, 1.82) is 0 Å². The van der Waals surface area contributed by atoms with Crippen LogP contribution in [0.25, 0.3) is 0 Å². The molecule has 0 saturated heterocycles. The van der Waals surface area contributed by atoms with E-state index >= 15 is 0 Å². The summed E-state index contributed by atoms with van der Waals surface area (Å²) in [7, 11) is 0. The van der Waals surface area contributed by atoms with Crippen molar-refractivity contribution in [2.75, 3.05) is 17.7 Å². The maximum absolute atomic E-state index is 6.17. The van der Waals surface area contributed by atoms with E-state index in [1.807, 2.05) is 11.6 Å². The molecule has 1 fully saturated rings. The van der Waals surface area contributed by atoms with Crippen LogP contribution in [0.15, 0.2) is 0 Å². The first-order valence-electron chi connectivity index (χ1n) is 7.62. The number of nitrogens with zero attached hydrogens (tertiary/aromatic N) is 2. The minimum absolute atomic E-state index is 0.123. The molecule has 2 atom stereocenters. The fraction of sp³-hybridized carbons (Fsp3) is 0.800. The highest BCUT2D eigenvalue weighted by molar-refractivity contribution is 5.65. The molecule has 2 unspecified atom stereocenters. The number of nitrogen functional groups attached to an aromatic ring is 1. The monoisotopic (exact) mass is 280 g/mol. The van der Waals surface area contributed by atoms with Crippen LogP contribution in [0.2, 0.25) is 0 Å². The van der Waals surface area contributed by atoms with Crippen molar-refractivity contribution in [3.63, 3.8) is 0 Å². The van der Waals surface area contributed by atoms with E-state index in [0.717, 1.165) is 43.2 Å². The Morgan fingerprint density at radius 3 is 2.70 bits per heavy atom. The zero-order chi connectivity index (χ0) is 14.9. The van der Waals surface area contributed by atoms with Crippen molar-refractivity contribution in [2.45, 2.75) is 66.2 Å². The maximum atomic E-state index is 6.17. The lowest BCUT2D eigenvalue weighted by Crippen LogP contribution is -2.58. The zero-order valence-corrected chi connectivity index (χ0v) is 13.4. The minimum atomic E-state index is 0.123. The van der Waals surface area contributed by atoms with Crippen LogP contribution in [0, 0.1) is 12.3 Å². The number of hydrogen-bond donors (Lipinski definition) is 2. The average Bonchev–Trinajstić information content (AvgIpc) is 2.65. The summed E-state index contributed by atoms with van der Waals surface area (Å²) in [6.45, 7) is 12.3. The van der Waals surface area contributed by atoms with Crippen molar-refractivity contribution in [3.8, 4) is 0 Å². The highest BCUT2D eigenvalue weighted by Crippen LogP contribution is 2.45. The van der Waals surface area contributed by atoms with Gasteiger partial charge in [0.15, 0.2) is 0 Å². The van der Waals surface area contributed by atoms with Crippen LogP contribution in [0.3, 0.4) is 0 Å². The van der Waals surface area contributed by atoms with Gasteiger partial charge in [-0.15, -0.1) is 0 Å². The van der Waals surface area contributed by atoms with Crippen LogP contribution in [-0.4, -0.2) is 28.5 Å². The van der Waals surface area contributed by atoms with E-state index in [1.54, 1.807) is 0 Å². The Labute approximate surface area is 121 Å². The van der Waals surface area contributed by atoms with E-state index in [9.17, 15) is 0 Å². The third-order valence-corrected chi connectivity index (χ3v) is 4.47. The summed E-state index contributed by atoms with van der Waals surface area (Å²) in [5.41, 5.74) is 7.96. The molecule has 20 heavy (non-hydrogen) atoms. The zero-order valence-electron chi connectivity index (χ0n) is 13.4. The molecular formula is C15H28N4O. The molecule has 3 N–H and O–H groups in total. The standard InChI is InChI=1S/C15H28N4O/c1-6-8-19-14(13(16)10(3)18-19)17-11-9-12(20-7-2)15(11,4)5/h11-12,17H,6-9,16H2,1-5H3. The number of nitrogens with one attached hydrogen (secondary N) is 1. The summed E-state index contributed by atoms with van der Waals surface area (Å²) in [4.78, 5) is 0. The van der Waals surface area contributed by atoms with Crippen molar-refractivity contribution in [2.24, 2.45) is 5.41 Å². The molecule has 0 bridgehead atoms. The van der Waals surface area contributed by atoms with Crippen LogP contribution < -0.4 is 11.1 Å². The van der Waals surface area contributed by atoms with E-state index in [1.165, 1.54) is 0 Å². The lowest BCUT2D eigenvalue weighted by Gasteiger charge is -2.52. The van der Waals surface area contributed by atoms with Gasteiger partial charge >= 0.3 is 0 Å². The van der Waals surface area contributed by atoms with Crippen LogP contribution in [0.1, 0.15) is 46.2 Å². The average molecular weight is 280 g/mol. The largest absolute Gasteiger partial charge is 0.394 e. The first-order chi connectivity index (χ1) is 9.41. The van der Waals surface area contributed by atoms with Gasteiger partial charge in [0.05, 0.1) is 17.5 Å². The number of ether oxygens (including phenoxy) is 1. The van der Waals surface area contributed by atoms with Crippen molar-refractivity contribution in [3.05, 3.63) is 5.69 Å². The van der Waals surface area contributed by atoms with Crippen molar-refractivity contribution < 1.29 is 4.74 Å². The van der Waals surface area contributed by atoms with Crippen molar-refractivity contribution >= 4 is 11.5 Å². The first kappa shape index (κ1) is 15.2. The molecule has 1 aliphatic carbocycles. The molecule has 0 amide bonds. The lowest BCUT2D eigenvalue weighted by molar-refractivity contribution is -0.0977. The predicted octanol–water partition coefficient (Wildman–Crippen LogP) is 2.80. The van der Waals surface area contributed by atoms with E-state index in [0.29, 0.717) is 12.1 Å². The third kappa shape index (κ3) is 2.51. The number of aryl methyl sites for hydroxylation is 2. The smallest absolute Gasteiger partial charge is 0.148 e. The molecule has 5 heteroatoms. The summed E-state index contributed by atoms with van der Waals surface area (Å²) in [6.07, 6.45) is 2.40.